The smallest absolute Gasteiger partial charge is 0.211 e. The summed E-state index contributed by atoms with van der Waals surface area (Å²) >= 11 is 0. The van der Waals surface area contributed by atoms with Gasteiger partial charge in [-0.15, -0.1) is 0 Å². The zero-order valence-electron chi connectivity index (χ0n) is 16.5. The van der Waals surface area contributed by atoms with Gasteiger partial charge in [0.2, 0.25) is 10.0 Å². The number of benzene rings is 1. The van der Waals surface area contributed by atoms with Crippen molar-refractivity contribution < 1.29 is 13.2 Å². The van der Waals surface area contributed by atoms with Gasteiger partial charge < -0.3 is 4.57 Å². The minimum atomic E-state index is -3.46. The molecule has 7 heteroatoms. The first-order valence-electron chi connectivity index (χ1n) is 9.57. The molecule has 1 aliphatic rings. The van der Waals surface area contributed by atoms with Crippen molar-refractivity contribution in [3.05, 3.63) is 77.2 Å². The highest BCUT2D eigenvalue weighted by molar-refractivity contribution is 7.88. The Hall–Kier alpha value is -2.77. The Morgan fingerprint density at radius 3 is 2.34 bits per heavy atom. The molecule has 0 amide bonds. The number of carbonyl (C=O) groups is 1. The molecule has 0 unspecified atom stereocenters. The van der Waals surface area contributed by atoms with E-state index >= 15 is 0 Å². The summed E-state index contributed by atoms with van der Waals surface area (Å²) in [6, 6.07) is 13.9. The van der Waals surface area contributed by atoms with Crippen LogP contribution in [0, 0.1) is 0 Å². The van der Waals surface area contributed by atoms with Crippen LogP contribution in [0.2, 0.25) is 0 Å². The number of ketones is 1. The van der Waals surface area contributed by atoms with Gasteiger partial charge in [0.05, 0.1) is 25.0 Å². The van der Waals surface area contributed by atoms with Crippen LogP contribution in [0.1, 0.15) is 34.1 Å². The van der Waals surface area contributed by atoms with Gasteiger partial charge in [-0.2, -0.15) is 4.31 Å². The largest absolute Gasteiger partial charge is 0.343 e. The lowest BCUT2D eigenvalue weighted by Gasteiger charge is -2.25. The molecule has 3 heterocycles. The van der Waals surface area contributed by atoms with Gasteiger partial charge in [-0.3, -0.25) is 9.78 Å². The average molecular weight is 410 g/mol. The molecule has 6 nitrogen and oxygen atoms in total. The van der Waals surface area contributed by atoms with Crippen LogP contribution in [0.15, 0.2) is 54.9 Å². The molecule has 0 fully saturated rings. The number of aromatic nitrogens is 2. The van der Waals surface area contributed by atoms with E-state index in [0.29, 0.717) is 18.5 Å². The average Bonchev–Trinajstić information content (AvgIpc) is 3.02. The normalized spacial score (nSPS) is 14.8. The summed E-state index contributed by atoms with van der Waals surface area (Å²) in [7, 11) is -3.46. The third-order valence-corrected chi connectivity index (χ3v) is 6.56. The minimum absolute atomic E-state index is 0.114. The summed E-state index contributed by atoms with van der Waals surface area (Å²) in [5, 5.41) is 0. The van der Waals surface area contributed by atoms with E-state index in [2.05, 4.69) is 9.55 Å². The Bertz CT molecular complexity index is 1150. The third kappa shape index (κ3) is 3.63. The molecule has 0 N–H and O–H groups in total. The Labute approximate surface area is 170 Å². The predicted octanol–water partition coefficient (Wildman–Crippen LogP) is 3.12. The maximum atomic E-state index is 13.1. The minimum Gasteiger partial charge on any atom is -0.343 e. The molecule has 0 spiro atoms. The van der Waals surface area contributed by atoms with Gasteiger partial charge in [-0.25, -0.2) is 8.42 Å². The number of rotatable bonds is 5. The van der Waals surface area contributed by atoms with Gasteiger partial charge in [0.15, 0.2) is 5.78 Å². The molecule has 0 atom stereocenters. The zero-order chi connectivity index (χ0) is 20.6. The Morgan fingerprint density at radius 1 is 1.03 bits per heavy atom. The second-order valence-electron chi connectivity index (χ2n) is 7.25. The van der Waals surface area contributed by atoms with Gasteiger partial charge >= 0.3 is 0 Å². The Balaban J connectivity index is 1.96. The summed E-state index contributed by atoms with van der Waals surface area (Å²) in [5.74, 6) is -0.148. The second kappa shape index (κ2) is 7.57. The fraction of sp³-hybridized carbons (Fsp3) is 0.273. The van der Waals surface area contributed by atoms with E-state index in [9.17, 15) is 13.2 Å². The molecule has 29 heavy (non-hydrogen) atoms. The first-order valence-corrected chi connectivity index (χ1v) is 11.4. The molecule has 0 bridgehead atoms. The van der Waals surface area contributed by atoms with Gasteiger partial charge in [-0.1, -0.05) is 30.3 Å². The molecule has 3 aromatic rings. The number of hydrogen-bond acceptors (Lipinski definition) is 4. The lowest BCUT2D eigenvalue weighted by Crippen LogP contribution is -2.39. The number of nitrogens with zero attached hydrogens (tertiary/aromatic N) is 3. The molecule has 2 aromatic heterocycles. The molecule has 0 aliphatic carbocycles. The van der Waals surface area contributed by atoms with Crippen molar-refractivity contribution >= 4 is 15.8 Å². The van der Waals surface area contributed by atoms with Gasteiger partial charge in [0.25, 0.3) is 0 Å². The van der Waals surface area contributed by atoms with E-state index in [1.165, 1.54) is 4.31 Å². The molecule has 1 aromatic carbocycles. The van der Waals surface area contributed by atoms with E-state index < -0.39 is 10.0 Å². The van der Waals surface area contributed by atoms with Crippen LogP contribution in [0.4, 0.5) is 0 Å². The van der Waals surface area contributed by atoms with Crippen LogP contribution >= 0.6 is 0 Å². The molecule has 4 rings (SSSR count). The van der Waals surface area contributed by atoms with E-state index in [1.54, 1.807) is 12.4 Å². The number of pyridine rings is 1. The molecule has 0 saturated carbocycles. The first kappa shape index (κ1) is 19.5. The maximum Gasteiger partial charge on any atom is 0.211 e. The van der Waals surface area contributed by atoms with E-state index in [1.807, 2.05) is 49.4 Å². The molecule has 150 valence electrons. The maximum absolute atomic E-state index is 13.1. The quantitative estimate of drug-likeness (QED) is 0.649. The lowest BCUT2D eigenvalue weighted by molar-refractivity contribution is 0.0947. The molecular weight excluding hydrogens is 386 g/mol. The van der Waals surface area contributed by atoms with Crippen molar-refractivity contribution in [2.75, 3.05) is 12.8 Å². The highest BCUT2D eigenvalue weighted by atomic mass is 32.2. The van der Waals surface area contributed by atoms with Crippen LogP contribution in [-0.2, 0) is 29.5 Å². The van der Waals surface area contributed by atoms with Gasteiger partial charge in [0.1, 0.15) is 0 Å². The van der Waals surface area contributed by atoms with Gasteiger partial charge in [0, 0.05) is 42.2 Å². The second-order valence-corrected chi connectivity index (χ2v) is 9.23. The fourth-order valence-electron chi connectivity index (χ4n) is 4.08. The predicted molar refractivity (Wildman–Crippen MR) is 112 cm³/mol. The Morgan fingerprint density at radius 2 is 1.72 bits per heavy atom. The zero-order valence-corrected chi connectivity index (χ0v) is 17.3. The summed E-state index contributed by atoms with van der Waals surface area (Å²) in [5.41, 5.74) is 5.44. The summed E-state index contributed by atoms with van der Waals surface area (Å²) < 4.78 is 27.6. The van der Waals surface area contributed by atoms with Crippen LogP contribution in [0.3, 0.4) is 0 Å². The van der Waals surface area contributed by atoms with Crippen LogP contribution < -0.4 is 0 Å². The number of fused-ring (bicyclic) bond motifs is 1. The summed E-state index contributed by atoms with van der Waals surface area (Å²) in [6.45, 7) is 2.75. The SMILES string of the molecule is CCn1c2c(c(Cc3ccccc3)c1-c1ccncc1)C(=O)CN(S(C)(=O)=O)C2. The summed E-state index contributed by atoms with van der Waals surface area (Å²) in [4.78, 5) is 17.3. The third-order valence-electron chi connectivity index (χ3n) is 5.36. The molecule has 0 radical (unpaired) electrons. The molecule has 1 aliphatic heterocycles. The van der Waals surface area contributed by atoms with Crippen molar-refractivity contribution in [1.82, 2.24) is 13.9 Å². The molecule has 0 saturated heterocycles. The lowest BCUT2D eigenvalue weighted by atomic mass is 9.94. The fourth-order valence-corrected chi connectivity index (χ4v) is 4.79. The van der Waals surface area contributed by atoms with Crippen LogP contribution in [0.5, 0.6) is 0 Å². The summed E-state index contributed by atoms with van der Waals surface area (Å²) in [6.07, 6.45) is 5.23. The molecular formula is C22H23N3O3S. The van der Waals surface area contributed by atoms with Crippen molar-refractivity contribution in [2.45, 2.75) is 26.4 Å². The van der Waals surface area contributed by atoms with E-state index in [4.69, 9.17) is 0 Å². The van der Waals surface area contributed by atoms with E-state index in [0.717, 1.165) is 34.3 Å². The van der Waals surface area contributed by atoms with Crippen LogP contribution in [0.25, 0.3) is 11.3 Å². The first-order chi connectivity index (χ1) is 13.9. The number of sulfonamides is 1. The number of Topliss-reactive ketones (excluding diaryl/α,β-unsaturated/α-hetero) is 1. The van der Waals surface area contributed by atoms with Crippen molar-refractivity contribution in [3.63, 3.8) is 0 Å². The number of carbonyl (C=O) groups excluding carboxylic acids is 1. The van der Waals surface area contributed by atoms with Gasteiger partial charge in [-0.05, 0) is 30.2 Å². The highest BCUT2D eigenvalue weighted by Gasteiger charge is 2.35. The van der Waals surface area contributed by atoms with Crippen molar-refractivity contribution in [2.24, 2.45) is 0 Å². The monoisotopic (exact) mass is 409 g/mol. The van der Waals surface area contributed by atoms with E-state index in [-0.39, 0.29) is 18.9 Å². The standard InChI is InChI=1S/C22H23N3O3S/c1-3-25-19-14-24(29(2,27)28)15-20(26)21(19)18(13-16-7-5-4-6-8-16)22(25)17-9-11-23-12-10-17/h4-12H,3,13-15H2,1-2H3. The van der Waals surface area contributed by atoms with Crippen molar-refractivity contribution in [1.29, 1.82) is 0 Å². The van der Waals surface area contributed by atoms with Crippen LogP contribution in [-0.4, -0.2) is 40.9 Å². The highest BCUT2D eigenvalue weighted by Crippen LogP contribution is 2.37. The number of hydrogen-bond donors (Lipinski definition) is 0. The topological polar surface area (TPSA) is 72.3 Å². The Kier molecular flexibility index (Phi) is 5.10. The van der Waals surface area contributed by atoms with Crippen molar-refractivity contribution in [3.8, 4) is 11.3 Å².